The van der Waals surface area contributed by atoms with Crippen molar-refractivity contribution < 1.29 is 4.74 Å². The number of hydrogen-bond acceptors (Lipinski definition) is 5. The molecule has 0 saturated heterocycles. The van der Waals surface area contributed by atoms with Gasteiger partial charge in [0.1, 0.15) is 11.6 Å². The Hall–Kier alpha value is -3.27. The highest BCUT2D eigenvalue weighted by Crippen LogP contribution is 2.38. The zero-order valence-corrected chi connectivity index (χ0v) is 11.6. The van der Waals surface area contributed by atoms with Gasteiger partial charge in [-0.3, -0.25) is 14.8 Å². The molecular weight excluding hydrogens is 284 g/mol. The van der Waals surface area contributed by atoms with Crippen molar-refractivity contribution in [3.63, 3.8) is 0 Å². The number of allylic oxidation sites excluding steroid dienone is 1. The van der Waals surface area contributed by atoms with Crippen LogP contribution >= 0.6 is 0 Å². The second kappa shape index (κ2) is 4.93. The van der Waals surface area contributed by atoms with E-state index in [1.54, 1.807) is 6.07 Å². The third-order valence-electron chi connectivity index (χ3n) is 3.49. The van der Waals surface area contributed by atoms with Gasteiger partial charge >= 0.3 is 5.69 Å². The van der Waals surface area contributed by atoms with Gasteiger partial charge in [-0.1, -0.05) is 29.8 Å². The molecule has 0 aliphatic carbocycles. The van der Waals surface area contributed by atoms with Crippen LogP contribution in [-0.4, -0.2) is 9.97 Å². The second-order valence-corrected chi connectivity index (χ2v) is 4.99. The number of rotatable bonds is 1. The fraction of sp³-hybridized carbons (Fsp3) is 0.133. The van der Waals surface area contributed by atoms with Gasteiger partial charge < -0.3 is 10.5 Å². The summed E-state index contributed by atoms with van der Waals surface area (Å²) in [6.45, 7) is 1.90. The van der Waals surface area contributed by atoms with E-state index in [1.165, 1.54) is 0 Å². The van der Waals surface area contributed by atoms with E-state index in [0.717, 1.165) is 11.1 Å². The molecular formula is C15H12N4O3. The third kappa shape index (κ3) is 2.07. The normalized spacial score (nSPS) is 16.6. The molecule has 3 rings (SSSR count). The summed E-state index contributed by atoms with van der Waals surface area (Å²) in [5.74, 6) is -0.839. The predicted octanol–water partition coefficient (Wildman–Crippen LogP) is 0.590. The minimum absolute atomic E-state index is 0.0308. The molecule has 1 aromatic carbocycles. The molecule has 22 heavy (non-hydrogen) atoms. The first-order valence-corrected chi connectivity index (χ1v) is 6.52. The highest BCUT2D eigenvalue weighted by molar-refractivity contribution is 5.52. The molecule has 1 aliphatic rings. The first kappa shape index (κ1) is 13.7. The van der Waals surface area contributed by atoms with E-state index < -0.39 is 17.2 Å². The van der Waals surface area contributed by atoms with Crippen LogP contribution in [0, 0.1) is 18.3 Å². The summed E-state index contributed by atoms with van der Waals surface area (Å²) in [4.78, 5) is 28.2. The molecule has 4 N–H and O–H groups in total. The van der Waals surface area contributed by atoms with Gasteiger partial charge in [-0.25, -0.2) is 4.79 Å². The van der Waals surface area contributed by atoms with Crippen molar-refractivity contribution in [3.8, 4) is 11.9 Å². The molecule has 0 amide bonds. The molecule has 0 radical (unpaired) electrons. The van der Waals surface area contributed by atoms with Crippen LogP contribution in [0.3, 0.4) is 0 Å². The summed E-state index contributed by atoms with van der Waals surface area (Å²) < 4.78 is 5.24. The standard InChI is InChI=1S/C15H12N4O3/c1-7-3-2-4-8(5-7)10-9(6-16)12(17)22-14-11(10)13(20)18-15(21)19-14/h2-5,10H,17H2,1H3,(H2,18,19,20,21)/t10-/m0/s1. The number of fused-ring (bicyclic) bond motifs is 1. The van der Waals surface area contributed by atoms with Crippen LogP contribution in [0.2, 0.25) is 0 Å². The van der Waals surface area contributed by atoms with E-state index in [1.807, 2.05) is 31.2 Å². The van der Waals surface area contributed by atoms with Crippen LogP contribution < -0.4 is 21.7 Å². The fourth-order valence-corrected chi connectivity index (χ4v) is 2.57. The zero-order valence-electron chi connectivity index (χ0n) is 11.6. The smallest absolute Gasteiger partial charge is 0.328 e. The van der Waals surface area contributed by atoms with Gasteiger partial charge in [0, 0.05) is 0 Å². The Kier molecular flexibility index (Phi) is 3.07. The van der Waals surface area contributed by atoms with Crippen LogP contribution in [0.4, 0.5) is 0 Å². The summed E-state index contributed by atoms with van der Waals surface area (Å²) in [6, 6.07) is 9.37. The minimum Gasteiger partial charge on any atom is -0.424 e. The van der Waals surface area contributed by atoms with Crippen molar-refractivity contribution in [1.29, 1.82) is 5.26 Å². The van der Waals surface area contributed by atoms with E-state index in [2.05, 4.69) is 9.97 Å². The molecule has 0 fully saturated rings. The van der Waals surface area contributed by atoms with Crippen molar-refractivity contribution in [2.45, 2.75) is 12.8 Å². The Morgan fingerprint density at radius 2 is 2.09 bits per heavy atom. The van der Waals surface area contributed by atoms with Crippen molar-refractivity contribution >= 4 is 0 Å². The van der Waals surface area contributed by atoms with Crippen LogP contribution in [0.15, 0.2) is 45.3 Å². The summed E-state index contributed by atoms with van der Waals surface area (Å²) in [6.07, 6.45) is 0. The molecule has 0 bridgehead atoms. The molecule has 2 heterocycles. The highest BCUT2D eigenvalue weighted by Gasteiger charge is 2.33. The number of aromatic nitrogens is 2. The molecule has 0 saturated carbocycles. The number of nitrogens with one attached hydrogen (secondary N) is 2. The summed E-state index contributed by atoms with van der Waals surface area (Å²) >= 11 is 0. The maximum absolute atomic E-state index is 12.2. The lowest BCUT2D eigenvalue weighted by Crippen LogP contribution is -2.33. The van der Waals surface area contributed by atoms with Gasteiger partial charge in [0.15, 0.2) is 0 Å². The average molecular weight is 296 g/mol. The number of benzene rings is 1. The predicted molar refractivity (Wildman–Crippen MR) is 78.2 cm³/mol. The molecule has 2 aromatic rings. The number of aromatic amines is 2. The van der Waals surface area contributed by atoms with Gasteiger partial charge in [-0.05, 0) is 12.5 Å². The summed E-state index contributed by atoms with van der Waals surface area (Å²) in [7, 11) is 0. The van der Waals surface area contributed by atoms with Gasteiger partial charge in [-0.2, -0.15) is 5.26 Å². The summed E-state index contributed by atoms with van der Waals surface area (Å²) in [5, 5.41) is 9.38. The number of nitriles is 1. The highest BCUT2D eigenvalue weighted by atomic mass is 16.5. The van der Waals surface area contributed by atoms with Crippen molar-refractivity contribution in [1.82, 2.24) is 9.97 Å². The lowest BCUT2D eigenvalue weighted by molar-refractivity contribution is 0.373. The summed E-state index contributed by atoms with van der Waals surface area (Å²) in [5.41, 5.74) is 6.47. The van der Waals surface area contributed by atoms with Crippen molar-refractivity contribution in [2.75, 3.05) is 0 Å². The van der Waals surface area contributed by atoms with Gasteiger partial charge in [0.05, 0.1) is 11.5 Å². The van der Waals surface area contributed by atoms with Gasteiger partial charge in [0.25, 0.3) is 5.56 Å². The number of H-pyrrole nitrogens is 2. The van der Waals surface area contributed by atoms with Crippen molar-refractivity contribution in [2.24, 2.45) is 5.73 Å². The molecule has 7 nitrogen and oxygen atoms in total. The van der Waals surface area contributed by atoms with Gasteiger partial charge in [-0.15, -0.1) is 0 Å². The second-order valence-electron chi connectivity index (χ2n) is 4.99. The Morgan fingerprint density at radius 1 is 1.32 bits per heavy atom. The Morgan fingerprint density at radius 3 is 2.77 bits per heavy atom. The molecule has 0 unspecified atom stereocenters. The quantitative estimate of drug-likeness (QED) is 0.710. The Labute approximate surface area is 124 Å². The van der Waals surface area contributed by atoms with Crippen LogP contribution in [-0.2, 0) is 0 Å². The Balaban J connectivity index is 2.34. The third-order valence-corrected chi connectivity index (χ3v) is 3.49. The average Bonchev–Trinajstić information content (AvgIpc) is 2.45. The molecule has 1 aromatic heterocycles. The lowest BCUT2D eigenvalue weighted by atomic mass is 9.84. The van der Waals surface area contributed by atoms with E-state index >= 15 is 0 Å². The van der Waals surface area contributed by atoms with Crippen LogP contribution in [0.1, 0.15) is 22.6 Å². The molecule has 110 valence electrons. The zero-order chi connectivity index (χ0) is 15.9. The monoisotopic (exact) mass is 296 g/mol. The van der Waals surface area contributed by atoms with Crippen molar-refractivity contribution in [3.05, 3.63) is 73.3 Å². The lowest BCUT2D eigenvalue weighted by Gasteiger charge is -2.24. The number of nitrogens with two attached hydrogens (primary N) is 1. The molecule has 7 heteroatoms. The first-order valence-electron chi connectivity index (χ1n) is 6.52. The Bertz CT molecular complexity index is 946. The van der Waals surface area contributed by atoms with E-state index in [0.29, 0.717) is 0 Å². The van der Waals surface area contributed by atoms with E-state index in [-0.39, 0.29) is 22.9 Å². The van der Waals surface area contributed by atoms with E-state index in [9.17, 15) is 14.9 Å². The molecule has 0 spiro atoms. The first-order chi connectivity index (χ1) is 10.5. The van der Waals surface area contributed by atoms with Crippen LogP contribution in [0.25, 0.3) is 0 Å². The fourth-order valence-electron chi connectivity index (χ4n) is 2.57. The SMILES string of the molecule is Cc1cccc([C@H]2C(C#N)=C(N)Oc3[nH]c(=O)[nH]c(=O)c32)c1. The number of hydrogen-bond donors (Lipinski definition) is 3. The molecule has 1 aliphatic heterocycles. The van der Waals surface area contributed by atoms with Crippen LogP contribution in [0.5, 0.6) is 5.88 Å². The number of nitrogens with zero attached hydrogens (tertiary/aromatic N) is 1. The van der Waals surface area contributed by atoms with E-state index in [4.69, 9.17) is 10.5 Å². The van der Waals surface area contributed by atoms with Gasteiger partial charge in [0.2, 0.25) is 11.8 Å². The topological polar surface area (TPSA) is 125 Å². The largest absolute Gasteiger partial charge is 0.424 e. The maximum Gasteiger partial charge on any atom is 0.328 e. The maximum atomic E-state index is 12.2. The number of ether oxygens (including phenoxy) is 1. The number of aryl methyl sites for hydroxylation is 1. The molecule has 1 atom stereocenters. The minimum atomic E-state index is -0.694.